The summed E-state index contributed by atoms with van der Waals surface area (Å²) >= 11 is 0. The zero-order chi connectivity index (χ0) is 35.7. The number of nitrogens with zero attached hydrogens (tertiary/aromatic N) is 1. The average molecular weight is 704 g/mol. The number of rotatable bonds is 7. The van der Waals surface area contributed by atoms with Crippen LogP contribution < -0.4 is 4.90 Å². The van der Waals surface area contributed by atoms with E-state index in [1.54, 1.807) is 5.56 Å². The van der Waals surface area contributed by atoms with Crippen molar-refractivity contribution in [2.24, 2.45) is 17.8 Å². The van der Waals surface area contributed by atoms with Crippen molar-refractivity contribution >= 4 is 39.0 Å². The molecule has 12 rings (SSSR count). The Morgan fingerprint density at radius 3 is 1.70 bits per heavy atom. The molecule has 2 heteroatoms. The quantitative estimate of drug-likeness (QED) is 0.164. The second-order valence-corrected chi connectivity index (χ2v) is 17.5. The maximum Gasteiger partial charge on any atom is 0.136 e. The van der Waals surface area contributed by atoms with Crippen LogP contribution in [0, 0.1) is 17.8 Å². The molecule has 2 nitrogen and oxygen atoms in total. The smallest absolute Gasteiger partial charge is 0.136 e. The highest BCUT2D eigenvalue weighted by Crippen LogP contribution is 2.61. The molecule has 0 saturated heterocycles. The molecule has 0 amide bonds. The Kier molecular flexibility index (Phi) is 7.65. The van der Waals surface area contributed by atoms with Crippen molar-refractivity contribution in [3.05, 3.63) is 162 Å². The van der Waals surface area contributed by atoms with Gasteiger partial charge in [-0.1, -0.05) is 116 Å². The molecule has 1 aromatic heterocycles. The number of hydrogen-bond donors (Lipinski definition) is 0. The lowest BCUT2D eigenvalue weighted by atomic mass is 9.48. The fraction of sp³-hybridized carbons (Fsp3) is 0.308. The van der Waals surface area contributed by atoms with Crippen LogP contribution in [-0.2, 0) is 10.8 Å². The topological polar surface area (TPSA) is 16.4 Å². The molecule has 54 heavy (non-hydrogen) atoms. The van der Waals surface area contributed by atoms with Crippen LogP contribution in [0.3, 0.4) is 0 Å². The first-order valence-electron chi connectivity index (χ1n) is 20.7. The molecule has 6 aromatic carbocycles. The lowest BCUT2D eigenvalue weighted by molar-refractivity contribution is -0.00518. The second kappa shape index (κ2) is 12.8. The van der Waals surface area contributed by atoms with E-state index in [9.17, 15) is 0 Å². The summed E-state index contributed by atoms with van der Waals surface area (Å²) in [6.07, 6.45) is 14.9. The summed E-state index contributed by atoms with van der Waals surface area (Å²) in [7, 11) is 0. The molecule has 5 aliphatic rings. The molecule has 5 aliphatic carbocycles. The van der Waals surface area contributed by atoms with Crippen LogP contribution in [0.2, 0.25) is 0 Å². The maximum atomic E-state index is 6.51. The first kappa shape index (κ1) is 32.4. The number of furan rings is 1. The zero-order valence-corrected chi connectivity index (χ0v) is 31.2. The van der Waals surface area contributed by atoms with E-state index in [1.165, 1.54) is 110 Å². The second-order valence-electron chi connectivity index (χ2n) is 17.5. The predicted molar refractivity (Wildman–Crippen MR) is 224 cm³/mol. The standard InChI is InChI=1S/C52H49NO/c1-4-11-39(12-5-1)46-15-10-16-49-50(46)47-32-45(25-26-48(47)54-49)53(43-21-17-40(18-22-43)51-33-36-29-37(34-51)31-38(30-36)35-51)44-23-19-42(20-24-44)52(27-8-3-9-28-52)41-13-6-2-7-14-41/h1-2,4-7,10-26,32,36-38H,3,8-9,27-31,33-35H2. The van der Waals surface area contributed by atoms with Crippen LogP contribution in [0.15, 0.2) is 150 Å². The lowest BCUT2D eigenvalue weighted by Gasteiger charge is -2.57. The molecule has 5 fully saturated rings. The highest BCUT2D eigenvalue weighted by atomic mass is 16.3. The van der Waals surface area contributed by atoms with E-state index >= 15 is 0 Å². The monoisotopic (exact) mass is 703 g/mol. The van der Waals surface area contributed by atoms with Crippen LogP contribution in [0.1, 0.15) is 87.3 Å². The molecular formula is C52H49NO. The fourth-order valence-corrected chi connectivity index (χ4v) is 12.3. The van der Waals surface area contributed by atoms with Gasteiger partial charge in [0.1, 0.15) is 11.2 Å². The summed E-state index contributed by atoms with van der Waals surface area (Å²) in [6, 6.07) is 54.7. The van der Waals surface area contributed by atoms with Gasteiger partial charge in [0.05, 0.1) is 0 Å². The Labute approximate surface area is 319 Å². The molecule has 1 heterocycles. The van der Waals surface area contributed by atoms with E-state index in [1.807, 2.05) is 0 Å². The molecule has 7 aromatic rings. The van der Waals surface area contributed by atoms with Gasteiger partial charge in [-0.15, -0.1) is 0 Å². The van der Waals surface area contributed by atoms with Crippen LogP contribution in [0.5, 0.6) is 0 Å². The molecule has 4 bridgehead atoms. The van der Waals surface area contributed by atoms with Gasteiger partial charge in [-0.2, -0.15) is 0 Å². The minimum Gasteiger partial charge on any atom is -0.456 e. The van der Waals surface area contributed by atoms with Gasteiger partial charge in [0.2, 0.25) is 0 Å². The van der Waals surface area contributed by atoms with Crippen molar-refractivity contribution in [1.82, 2.24) is 0 Å². The number of benzene rings is 6. The van der Waals surface area contributed by atoms with Crippen molar-refractivity contribution in [3.63, 3.8) is 0 Å². The number of anilines is 3. The van der Waals surface area contributed by atoms with E-state index < -0.39 is 0 Å². The summed E-state index contributed by atoms with van der Waals surface area (Å²) in [6.45, 7) is 0. The Balaban J connectivity index is 1.04. The molecule has 0 aliphatic heterocycles. The summed E-state index contributed by atoms with van der Waals surface area (Å²) < 4.78 is 6.51. The summed E-state index contributed by atoms with van der Waals surface area (Å²) in [4.78, 5) is 2.48. The average Bonchev–Trinajstić information content (AvgIpc) is 3.60. The molecule has 0 N–H and O–H groups in total. The van der Waals surface area contributed by atoms with Crippen LogP contribution in [0.4, 0.5) is 17.1 Å². The van der Waals surface area contributed by atoms with Crippen molar-refractivity contribution in [1.29, 1.82) is 0 Å². The molecule has 0 spiro atoms. The largest absolute Gasteiger partial charge is 0.456 e. The molecule has 0 atom stereocenters. The van der Waals surface area contributed by atoms with Gasteiger partial charge in [0.25, 0.3) is 0 Å². The highest BCUT2D eigenvalue weighted by molar-refractivity contribution is 6.13. The third-order valence-electron chi connectivity index (χ3n) is 14.3. The van der Waals surface area contributed by atoms with Crippen molar-refractivity contribution < 1.29 is 4.42 Å². The third kappa shape index (κ3) is 5.28. The van der Waals surface area contributed by atoms with E-state index in [4.69, 9.17) is 4.42 Å². The Morgan fingerprint density at radius 2 is 1.06 bits per heavy atom. The third-order valence-corrected chi connectivity index (χ3v) is 14.3. The Morgan fingerprint density at radius 1 is 0.481 bits per heavy atom. The maximum absolute atomic E-state index is 6.51. The van der Waals surface area contributed by atoms with Crippen LogP contribution in [-0.4, -0.2) is 0 Å². The van der Waals surface area contributed by atoms with Crippen molar-refractivity contribution in [3.8, 4) is 11.1 Å². The Hall–Kier alpha value is -5.08. The molecule has 5 saturated carbocycles. The molecule has 268 valence electrons. The van der Waals surface area contributed by atoms with Gasteiger partial charge in [-0.25, -0.2) is 0 Å². The predicted octanol–water partition coefficient (Wildman–Crippen LogP) is 14.4. The summed E-state index contributed by atoms with van der Waals surface area (Å²) in [5.74, 6) is 2.81. The van der Waals surface area contributed by atoms with Gasteiger partial charge in [0, 0.05) is 33.2 Å². The minimum absolute atomic E-state index is 0.0742. The minimum atomic E-state index is 0.0742. The van der Waals surface area contributed by atoms with Gasteiger partial charge in [-0.3, -0.25) is 0 Å². The van der Waals surface area contributed by atoms with E-state index in [0.717, 1.165) is 40.0 Å². The zero-order valence-electron chi connectivity index (χ0n) is 31.2. The van der Waals surface area contributed by atoms with Gasteiger partial charge >= 0.3 is 0 Å². The Bertz CT molecular complexity index is 2400. The van der Waals surface area contributed by atoms with E-state index in [2.05, 4.69) is 150 Å². The summed E-state index contributed by atoms with van der Waals surface area (Å²) in [5, 5.41) is 2.33. The summed E-state index contributed by atoms with van der Waals surface area (Å²) in [5.41, 5.74) is 12.8. The van der Waals surface area contributed by atoms with Gasteiger partial charge in [0.15, 0.2) is 0 Å². The molecular weight excluding hydrogens is 655 g/mol. The van der Waals surface area contributed by atoms with Crippen LogP contribution in [0.25, 0.3) is 33.1 Å². The van der Waals surface area contributed by atoms with E-state index in [0.29, 0.717) is 5.41 Å². The number of fused-ring (bicyclic) bond motifs is 3. The first-order chi connectivity index (χ1) is 26.6. The van der Waals surface area contributed by atoms with Gasteiger partial charge in [-0.05, 0) is 151 Å². The lowest BCUT2D eigenvalue weighted by Crippen LogP contribution is -2.48. The fourth-order valence-electron chi connectivity index (χ4n) is 12.3. The van der Waals surface area contributed by atoms with Crippen molar-refractivity contribution in [2.45, 2.75) is 81.5 Å². The normalized spacial score (nSPS) is 24.3. The highest BCUT2D eigenvalue weighted by Gasteiger charge is 2.51. The van der Waals surface area contributed by atoms with Crippen LogP contribution >= 0.6 is 0 Å². The van der Waals surface area contributed by atoms with Crippen molar-refractivity contribution in [2.75, 3.05) is 4.90 Å². The molecule has 0 unspecified atom stereocenters. The SMILES string of the molecule is c1ccc(-c2cccc3oc4ccc(N(c5ccc(C67CC8CC(CC(C8)C6)C7)cc5)c5ccc(C6(c7ccccc7)CCCCC6)cc5)cc4c23)cc1. The molecule has 0 radical (unpaired) electrons. The van der Waals surface area contributed by atoms with E-state index in [-0.39, 0.29) is 5.41 Å². The first-order valence-corrected chi connectivity index (χ1v) is 20.7. The van der Waals surface area contributed by atoms with Gasteiger partial charge < -0.3 is 9.32 Å². The number of hydrogen-bond acceptors (Lipinski definition) is 2.